The van der Waals surface area contributed by atoms with Crippen LogP contribution in [0.3, 0.4) is 0 Å². The second-order valence-corrected chi connectivity index (χ2v) is 7.04. The van der Waals surface area contributed by atoms with E-state index in [2.05, 4.69) is 25.9 Å². The highest BCUT2D eigenvalue weighted by Gasteiger charge is 2.12. The van der Waals surface area contributed by atoms with Crippen LogP contribution >= 0.6 is 15.9 Å². The summed E-state index contributed by atoms with van der Waals surface area (Å²) >= 11 is 3.24. The van der Waals surface area contributed by atoms with Crippen LogP contribution in [0.15, 0.2) is 56.9 Å². The van der Waals surface area contributed by atoms with Crippen molar-refractivity contribution in [3.05, 3.63) is 52.5 Å². The van der Waals surface area contributed by atoms with Gasteiger partial charge in [0.25, 0.3) is 10.0 Å². The molecule has 0 radical (unpaired) electrons. The lowest BCUT2D eigenvalue weighted by molar-refractivity contribution is 0.318. The van der Waals surface area contributed by atoms with E-state index in [0.29, 0.717) is 17.9 Å². The van der Waals surface area contributed by atoms with Crippen LogP contribution in [0.25, 0.3) is 0 Å². The molecule has 122 valence electrons. The van der Waals surface area contributed by atoms with Crippen molar-refractivity contribution in [2.75, 3.05) is 6.61 Å². The van der Waals surface area contributed by atoms with E-state index >= 15 is 0 Å². The quantitative estimate of drug-likeness (QED) is 0.578. The van der Waals surface area contributed by atoms with Gasteiger partial charge in [-0.05, 0) is 55.0 Å². The predicted octanol–water partition coefficient (Wildman–Crippen LogP) is 2.87. The van der Waals surface area contributed by atoms with Crippen molar-refractivity contribution in [1.82, 2.24) is 4.83 Å². The van der Waals surface area contributed by atoms with Gasteiger partial charge in [0.1, 0.15) is 0 Å². The van der Waals surface area contributed by atoms with Crippen molar-refractivity contribution in [2.45, 2.75) is 11.8 Å². The molecule has 0 heterocycles. The number of nitrogens with zero attached hydrogens (tertiary/aromatic N) is 1. The first-order chi connectivity index (χ1) is 10.9. The monoisotopic (exact) mass is 398 g/mol. The zero-order valence-corrected chi connectivity index (χ0v) is 14.6. The summed E-state index contributed by atoms with van der Waals surface area (Å²) in [5, 5.41) is 13.3. The number of benzene rings is 2. The van der Waals surface area contributed by atoms with Crippen molar-refractivity contribution in [3.63, 3.8) is 0 Å². The van der Waals surface area contributed by atoms with E-state index in [1.807, 2.05) is 0 Å². The van der Waals surface area contributed by atoms with Crippen LogP contribution in [0.1, 0.15) is 12.5 Å². The Bertz CT molecular complexity index is 805. The van der Waals surface area contributed by atoms with E-state index in [1.165, 1.54) is 24.4 Å². The van der Waals surface area contributed by atoms with Crippen LogP contribution in [0.5, 0.6) is 11.5 Å². The highest BCUT2D eigenvalue weighted by molar-refractivity contribution is 9.10. The van der Waals surface area contributed by atoms with Crippen LogP contribution in [0.2, 0.25) is 0 Å². The molecule has 0 saturated carbocycles. The van der Waals surface area contributed by atoms with Crippen molar-refractivity contribution in [3.8, 4) is 11.5 Å². The number of phenols is 1. The Morgan fingerprint density at radius 2 is 1.96 bits per heavy atom. The van der Waals surface area contributed by atoms with Gasteiger partial charge in [-0.15, -0.1) is 0 Å². The summed E-state index contributed by atoms with van der Waals surface area (Å²) in [5.41, 5.74) is 0.588. The fraction of sp³-hybridized carbons (Fsp3) is 0.133. The van der Waals surface area contributed by atoms with E-state index in [4.69, 9.17) is 4.74 Å². The molecule has 0 fully saturated rings. The number of halogens is 1. The molecule has 0 unspecified atom stereocenters. The average molecular weight is 399 g/mol. The third-order valence-corrected chi connectivity index (χ3v) is 4.56. The Morgan fingerprint density at radius 3 is 2.61 bits per heavy atom. The molecule has 0 aliphatic heterocycles. The van der Waals surface area contributed by atoms with Gasteiger partial charge in [0.15, 0.2) is 11.5 Å². The molecule has 0 bridgehead atoms. The lowest BCUT2D eigenvalue weighted by Gasteiger charge is -2.06. The van der Waals surface area contributed by atoms with Crippen LogP contribution in [-0.2, 0) is 10.0 Å². The molecule has 0 spiro atoms. The second-order valence-electron chi connectivity index (χ2n) is 4.47. The summed E-state index contributed by atoms with van der Waals surface area (Å²) in [5.74, 6) is 0.326. The minimum absolute atomic E-state index is 0.0134. The van der Waals surface area contributed by atoms with Crippen LogP contribution < -0.4 is 9.57 Å². The molecule has 0 saturated heterocycles. The normalized spacial score (nSPS) is 11.6. The summed E-state index contributed by atoms with van der Waals surface area (Å²) in [7, 11) is -3.73. The number of nitrogens with one attached hydrogen (secondary N) is 1. The first kappa shape index (κ1) is 17.3. The maximum absolute atomic E-state index is 12.1. The van der Waals surface area contributed by atoms with Crippen molar-refractivity contribution >= 4 is 32.2 Å². The molecule has 23 heavy (non-hydrogen) atoms. The van der Waals surface area contributed by atoms with Gasteiger partial charge in [0.05, 0.1) is 17.7 Å². The largest absolute Gasteiger partial charge is 0.504 e. The lowest BCUT2D eigenvalue weighted by atomic mass is 10.2. The smallest absolute Gasteiger partial charge is 0.276 e. The van der Waals surface area contributed by atoms with E-state index in [9.17, 15) is 13.5 Å². The first-order valence-corrected chi connectivity index (χ1v) is 8.96. The van der Waals surface area contributed by atoms with Gasteiger partial charge in [0, 0.05) is 4.47 Å². The first-order valence-electron chi connectivity index (χ1n) is 6.68. The van der Waals surface area contributed by atoms with Crippen LogP contribution in [0, 0.1) is 0 Å². The zero-order valence-electron chi connectivity index (χ0n) is 12.2. The third kappa shape index (κ3) is 4.70. The van der Waals surface area contributed by atoms with Gasteiger partial charge in [-0.3, -0.25) is 0 Å². The zero-order chi connectivity index (χ0) is 16.9. The summed E-state index contributed by atoms with van der Waals surface area (Å²) in [6, 6.07) is 10.8. The third-order valence-electron chi connectivity index (χ3n) is 2.79. The number of hydrogen-bond acceptors (Lipinski definition) is 5. The predicted molar refractivity (Wildman–Crippen MR) is 91.3 cm³/mol. The Labute approximate surface area is 143 Å². The highest BCUT2D eigenvalue weighted by Crippen LogP contribution is 2.26. The van der Waals surface area contributed by atoms with Crippen LogP contribution in [0.4, 0.5) is 0 Å². The van der Waals surface area contributed by atoms with Crippen LogP contribution in [-0.4, -0.2) is 26.3 Å². The standard InChI is InChI=1S/C15H15BrN2O4S/c1-2-22-15-9-11(3-8-14(15)19)10-17-18-23(20,21)13-6-4-12(16)5-7-13/h3-10,18-19H,2H2,1H3. The van der Waals surface area contributed by atoms with Gasteiger partial charge < -0.3 is 9.84 Å². The Kier molecular flexibility index (Phi) is 5.62. The van der Waals surface area contributed by atoms with Crippen molar-refractivity contribution in [2.24, 2.45) is 5.10 Å². The second kappa shape index (κ2) is 7.47. The van der Waals surface area contributed by atoms with Gasteiger partial charge in [-0.1, -0.05) is 15.9 Å². The van der Waals surface area contributed by atoms with Gasteiger partial charge in [-0.2, -0.15) is 13.5 Å². The molecule has 0 aliphatic rings. The molecule has 0 amide bonds. The molecule has 0 atom stereocenters. The summed E-state index contributed by atoms with van der Waals surface area (Å²) in [6.45, 7) is 2.21. The van der Waals surface area contributed by atoms with Gasteiger partial charge in [-0.25, -0.2) is 4.83 Å². The topological polar surface area (TPSA) is 88.0 Å². The number of rotatable bonds is 6. The molecule has 2 N–H and O–H groups in total. The molecule has 6 nitrogen and oxygen atoms in total. The molecule has 0 aromatic heterocycles. The molecular weight excluding hydrogens is 384 g/mol. The average Bonchev–Trinajstić information content (AvgIpc) is 2.51. The fourth-order valence-electron chi connectivity index (χ4n) is 1.72. The molecule has 2 aromatic carbocycles. The number of hydrogen-bond donors (Lipinski definition) is 2. The van der Waals surface area contributed by atoms with E-state index in [-0.39, 0.29) is 10.6 Å². The summed E-state index contributed by atoms with van der Waals surface area (Å²) < 4.78 is 30.1. The van der Waals surface area contributed by atoms with E-state index < -0.39 is 10.0 Å². The van der Waals surface area contributed by atoms with E-state index in [1.54, 1.807) is 31.2 Å². The molecule has 0 aliphatic carbocycles. The van der Waals surface area contributed by atoms with Crippen molar-refractivity contribution in [1.29, 1.82) is 0 Å². The number of phenolic OH excluding ortho intramolecular Hbond substituents is 1. The molecule has 2 aromatic rings. The highest BCUT2D eigenvalue weighted by atomic mass is 79.9. The van der Waals surface area contributed by atoms with Crippen molar-refractivity contribution < 1.29 is 18.3 Å². The maximum Gasteiger partial charge on any atom is 0.276 e. The Morgan fingerprint density at radius 1 is 1.26 bits per heavy atom. The Balaban J connectivity index is 2.12. The minimum Gasteiger partial charge on any atom is -0.504 e. The lowest BCUT2D eigenvalue weighted by Crippen LogP contribution is -2.18. The number of ether oxygens (including phenoxy) is 1. The molecule has 2 rings (SSSR count). The number of sulfonamides is 1. The molecular formula is C15H15BrN2O4S. The minimum atomic E-state index is -3.73. The maximum atomic E-state index is 12.1. The van der Waals surface area contributed by atoms with Gasteiger partial charge in [0.2, 0.25) is 0 Å². The van der Waals surface area contributed by atoms with E-state index in [0.717, 1.165) is 4.47 Å². The Hall–Kier alpha value is -2.06. The SMILES string of the molecule is CCOc1cc(C=NNS(=O)(=O)c2ccc(Br)cc2)ccc1O. The number of hydrazone groups is 1. The number of aromatic hydroxyl groups is 1. The fourth-order valence-corrected chi connectivity index (χ4v) is 2.77. The summed E-state index contributed by atoms with van der Waals surface area (Å²) in [4.78, 5) is 2.24. The molecule has 8 heteroatoms. The van der Waals surface area contributed by atoms with Gasteiger partial charge >= 0.3 is 0 Å². The summed E-state index contributed by atoms with van der Waals surface area (Å²) in [6.07, 6.45) is 1.33.